The highest BCUT2D eigenvalue weighted by Crippen LogP contribution is 2.38. The fourth-order valence-electron chi connectivity index (χ4n) is 4.73. The third kappa shape index (κ3) is 3.85. The molecule has 0 aromatic heterocycles. The Labute approximate surface area is 174 Å². The van der Waals surface area contributed by atoms with Crippen molar-refractivity contribution in [2.45, 2.75) is 65.2 Å². The Hall–Kier alpha value is -2.48. The summed E-state index contributed by atoms with van der Waals surface area (Å²) in [7, 11) is 1.74. The molecule has 1 aliphatic rings. The van der Waals surface area contributed by atoms with Gasteiger partial charge in [-0.3, -0.25) is 0 Å². The van der Waals surface area contributed by atoms with Crippen LogP contribution in [0.5, 0.6) is 17.2 Å². The van der Waals surface area contributed by atoms with Gasteiger partial charge in [-0.15, -0.1) is 0 Å². The quantitative estimate of drug-likeness (QED) is 0.444. The molecule has 1 aliphatic carbocycles. The third-order valence-corrected chi connectivity index (χ3v) is 6.12. The number of aryl methyl sites for hydroxylation is 1. The number of hydrogen-bond donors (Lipinski definition) is 0. The van der Waals surface area contributed by atoms with E-state index >= 15 is 0 Å². The molecule has 0 spiro atoms. The summed E-state index contributed by atoms with van der Waals surface area (Å²) in [5.41, 5.74) is 5.74. The molecule has 0 saturated carbocycles. The van der Waals surface area contributed by atoms with E-state index in [0.29, 0.717) is 11.8 Å². The fourth-order valence-corrected chi connectivity index (χ4v) is 4.73. The first kappa shape index (κ1) is 19.8. The summed E-state index contributed by atoms with van der Waals surface area (Å²) in [5.74, 6) is 3.73. The molecule has 0 bridgehead atoms. The maximum absolute atomic E-state index is 6.37. The van der Waals surface area contributed by atoms with Gasteiger partial charge in [-0.05, 0) is 95.3 Å². The highest BCUT2D eigenvalue weighted by Gasteiger charge is 2.18. The summed E-state index contributed by atoms with van der Waals surface area (Å²) >= 11 is 0. The molecule has 4 rings (SSSR count). The molecular formula is C27H32O2. The Morgan fingerprint density at radius 1 is 0.793 bits per heavy atom. The van der Waals surface area contributed by atoms with Crippen LogP contribution in [-0.2, 0) is 12.8 Å². The van der Waals surface area contributed by atoms with Crippen molar-refractivity contribution in [3.63, 3.8) is 0 Å². The van der Waals surface area contributed by atoms with Crippen LogP contribution in [-0.4, -0.2) is 7.11 Å². The van der Waals surface area contributed by atoms with E-state index in [0.717, 1.165) is 17.2 Å². The van der Waals surface area contributed by atoms with E-state index in [4.69, 9.17) is 9.47 Å². The molecule has 2 heteroatoms. The van der Waals surface area contributed by atoms with Crippen molar-refractivity contribution in [2.24, 2.45) is 0 Å². The summed E-state index contributed by atoms with van der Waals surface area (Å²) in [5, 5.41) is 2.43. The summed E-state index contributed by atoms with van der Waals surface area (Å²) in [6.07, 6.45) is 4.96. The van der Waals surface area contributed by atoms with E-state index < -0.39 is 0 Å². The van der Waals surface area contributed by atoms with Gasteiger partial charge in [0.15, 0.2) is 0 Å². The number of rotatable bonds is 5. The molecular weight excluding hydrogens is 356 g/mol. The lowest BCUT2D eigenvalue weighted by Gasteiger charge is -2.23. The van der Waals surface area contributed by atoms with Crippen LogP contribution < -0.4 is 9.47 Å². The van der Waals surface area contributed by atoms with Crippen LogP contribution >= 0.6 is 0 Å². The Kier molecular flexibility index (Phi) is 5.54. The normalized spacial score (nSPS) is 13.8. The van der Waals surface area contributed by atoms with Crippen molar-refractivity contribution in [1.82, 2.24) is 0 Å². The third-order valence-electron chi connectivity index (χ3n) is 6.12. The first-order valence-corrected chi connectivity index (χ1v) is 10.9. The first-order valence-electron chi connectivity index (χ1n) is 10.9. The van der Waals surface area contributed by atoms with E-state index in [1.807, 2.05) is 0 Å². The van der Waals surface area contributed by atoms with Crippen LogP contribution in [0.2, 0.25) is 0 Å². The zero-order valence-corrected chi connectivity index (χ0v) is 18.3. The molecule has 3 aromatic carbocycles. The lowest BCUT2D eigenvalue weighted by molar-refractivity contribution is 0.408. The zero-order valence-electron chi connectivity index (χ0n) is 18.3. The van der Waals surface area contributed by atoms with Crippen molar-refractivity contribution in [3.05, 3.63) is 64.7 Å². The number of benzene rings is 3. The summed E-state index contributed by atoms with van der Waals surface area (Å²) in [4.78, 5) is 0. The molecule has 0 saturated heterocycles. The smallest absolute Gasteiger partial charge is 0.128 e. The van der Waals surface area contributed by atoms with Crippen LogP contribution in [0, 0.1) is 0 Å². The Bertz CT molecular complexity index is 1030. The Balaban J connectivity index is 1.72. The van der Waals surface area contributed by atoms with Gasteiger partial charge < -0.3 is 9.47 Å². The summed E-state index contributed by atoms with van der Waals surface area (Å²) in [6.45, 7) is 8.99. The standard InChI is InChI=1S/C27H32O2/c1-17(2)25-16-22(15-19-8-6-7-9-23(19)25)29-21-11-12-24-20(14-21)10-13-26(28-5)27(24)18(3)4/h10-18H,6-9H2,1-5H3. The zero-order chi connectivity index (χ0) is 20.5. The van der Waals surface area contributed by atoms with Crippen molar-refractivity contribution in [3.8, 4) is 17.2 Å². The predicted octanol–water partition coefficient (Wildman–Crippen LogP) is 7.77. The molecule has 152 valence electrons. The minimum absolute atomic E-state index is 0.398. The Morgan fingerprint density at radius 3 is 2.31 bits per heavy atom. The average Bonchev–Trinajstić information content (AvgIpc) is 2.71. The van der Waals surface area contributed by atoms with E-state index in [1.165, 1.54) is 53.1 Å². The maximum atomic E-state index is 6.37. The van der Waals surface area contributed by atoms with Gasteiger partial charge in [0, 0.05) is 5.56 Å². The van der Waals surface area contributed by atoms with Gasteiger partial charge in [-0.1, -0.05) is 39.8 Å². The van der Waals surface area contributed by atoms with Crippen molar-refractivity contribution < 1.29 is 9.47 Å². The van der Waals surface area contributed by atoms with Crippen molar-refractivity contribution in [1.29, 1.82) is 0 Å². The molecule has 0 fully saturated rings. The monoisotopic (exact) mass is 388 g/mol. The van der Waals surface area contributed by atoms with Gasteiger partial charge in [0.2, 0.25) is 0 Å². The summed E-state index contributed by atoms with van der Waals surface area (Å²) < 4.78 is 12.0. The second-order valence-corrected chi connectivity index (χ2v) is 8.83. The average molecular weight is 389 g/mol. The number of fused-ring (bicyclic) bond motifs is 2. The van der Waals surface area contributed by atoms with Crippen molar-refractivity contribution >= 4 is 10.8 Å². The van der Waals surface area contributed by atoms with Crippen molar-refractivity contribution in [2.75, 3.05) is 7.11 Å². The fraction of sp³-hybridized carbons (Fsp3) is 0.407. The predicted molar refractivity (Wildman–Crippen MR) is 122 cm³/mol. The second-order valence-electron chi connectivity index (χ2n) is 8.83. The van der Waals surface area contributed by atoms with E-state index in [2.05, 4.69) is 70.2 Å². The molecule has 0 aliphatic heterocycles. The van der Waals surface area contributed by atoms with Crippen LogP contribution in [0.15, 0.2) is 42.5 Å². The maximum Gasteiger partial charge on any atom is 0.128 e. The molecule has 2 nitrogen and oxygen atoms in total. The molecule has 0 radical (unpaired) electrons. The van der Waals surface area contributed by atoms with E-state index in [-0.39, 0.29) is 0 Å². The highest BCUT2D eigenvalue weighted by atomic mass is 16.5. The number of ether oxygens (including phenoxy) is 2. The van der Waals surface area contributed by atoms with Crippen LogP contribution in [0.1, 0.15) is 74.6 Å². The molecule has 3 aromatic rings. The molecule has 0 unspecified atom stereocenters. The van der Waals surface area contributed by atoms with E-state index in [1.54, 1.807) is 12.7 Å². The lowest BCUT2D eigenvalue weighted by Crippen LogP contribution is -2.08. The Morgan fingerprint density at radius 2 is 1.59 bits per heavy atom. The lowest BCUT2D eigenvalue weighted by atomic mass is 9.84. The molecule has 0 heterocycles. The molecule has 29 heavy (non-hydrogen) atoms. The molecule has 0 amide bonds. The van der Waals surface area contributed by atoms with Gasteiger partial charge in [-0.25, -0.2) is 0 Å². The largest absolute Gasteiger partial charge is 0.496 e. The summed E-state index contributed by atoms with van der Waals surface area (Å²) in [6, 6.07) is 15.1. The van der Waals surface area contributed by atoms with Gasteiger partial charge in [0.1, 0.15) is 17.2 Å². The minimum Gasteiger partial charge on any atom is -0.496 e. The van der Waals surface area contributed by atoms with Gasteiger partial charge >= 0.3 is 0 Å². The van der Waals surface area contributed by atoms with Crippen LogP contribution in [0.25, 0.3) is 10.8 Å². The highest BCUT2D eigenvalue weighted by molar-refractivity contribution is 5.89. The van der Waals surface area contributed by atoms with Crippen LogP contribution in [0.3, 0.4) is 0 Å². The van der Waals surface area contributed by atoms with Gasteiger partial charge in [0.25, 0.3) is 0 Å². The van der Waals surface area contributed by atoms with Crippen LogP contribution in [0.4, 0.5) is 0 Å². The topological polar surface area (TPSA) is 18.5 Å². The molecule has 0 N–H and O–H groups in total. The van der Waals surface area contributed by atoms with Gasteiger partial charge in [0.05, 0.1) is 7.11 Å². The number of hydrogen-bond acceptors (Lipinski definition) is 2. The minimum atomic E-state index is 0.398. The number of methoxy groups -OCH3 is 1. The second kappa shape index (κ2) is 8.10. The van der Waals surface area contributed by atoms with E-state index in [9.17, 15) is 0 Å². The van der Waals surface area contributed by atoms with Gasteiger partial charge in [-0.2, -0.15) is 0 Å². The SMILES string of the molecule is COc1ccc2cc(Oc3cc4c(c(C(C)C)c3)CCCC4)ccc2c1C(C)C. The molecule has 0 atom stereocenters. The first-order chi connectivity index (χ1) is 14.0.